The van der Waals surface area contributed by atoms with Crippen molar-refractivity contribution in [2.45, 2.75) is 4.90 Å². The second-order valence-electron chi connectivity index (χ2n) is 2.65. The van der Waals surface area contributed by atoms with E-state index >= 15 is 0 Å². The van der Waals surface area contributed by atoms with E-state index in [4.69, 9.17) is 4.78 Å². The van der Waals surface area contributed by atoms with E-state index in [-0.39, 0.29) is 0 Å². The van der Waals surface area contributed by atoms with Crippen LogP contribution < -0.4 is 0 Å². The van der Waals surface area contributed by atoms with Crippen LogP contribution >= 0.6 is 0 Å². The van der Waals surface area contributed by atoms with Crippen LogP contribution in [0.5, 0.6) is 0 Å². The Hall–Kier alpha value is -0.870. The molecule has 0 amide bonds. The van der Waals surface area contributed by atoms with Crippen LogP contribution in [0, 0.1) is 4.78 Å². The highest BCUT2D eigenvalue weighted by atomic mass is 32.2. The molecule has 0 unspecified atom stereocenters. The summed E-state index contributed by atoms with van der Waals surface area (Å²) in [5, 5.41) is 0. The first-order chi connectivity index (χ1) is 5.55. The lowest BCUT2D eigenvalue weighted by Gasteiger charge is -2.13. The molecular weight excluding hydrogens is 172 g/mol. The lowest BCUT2D eigenvalue weighted by atomic mass is 10.4. The molecule has 0 radical (unpaired) electrons. The molecule has 0 aliphatic carbocycles. The minimum absolute atomic E-state index is 0.551. The molecule has 0 aliphatic heterocycles. The third kappa shape index (κ3) is 1.65. The number of benzene rings is 1. The summed E-state index contributed by atoms with van der Waals surface area (Å²) in [5.41, 5.74) is 0. The second-order valence-corrected chi connectivity index (χ2v) is 4.90. The van der Waals surface area contributed by atoms with E-state index in [1.54, 1.807) is 38.4 Å². The lowest BCUT2D eigenvalue weighted by Crippen LogP contribution is -2.20. The summed E-state index contributed by atoms with van der Waals surface area (Å²) in [6.07, 6.45) is 0. The molecule has 4 heteroatoms. The molecule has 0 heterocycles. The molecule has 1 N–H and O–H groups in total. The fraction of sp³-hybridized carbons (Fsp3) is 0.250. The maximum absolute atomic E-state index is 11.7. The molecule has 0 bridgehead atoms. The molecule has 1 rings (SSSR count). The Morgan fingerprint density at radius 3 is 2.17 bits per heavy atom. The smallest absolute Gasteiger partial charge is 0.136 e. The fourth-order valence-electron chi connectivity index (χ4n) is 0.816. The highest BCUT2D eigenvalue weighted by Crippen LogP contribution is 2.11. The van der Waals surface area contributed by atoms with Crippen molar-refractivity contribution in [1.82, 2.24) is 4.31 Å². The van der Waals surface area contributed by atoms with Crippen molar-refractivity contribution in [3.63, 3.8) is 0 Å². The van der Waals surface area contributed by atoms with Crippen LogP contribution in [0.2, 0.25) is 0 Å². The molecule has 12 heavy (non-hydrogen) atoms. The first-order valence-corrected chi connectivity index (χ1v) is 5.08. The zero-order chi connectivity index (χ0) is 9.19. The predicted molar refractivity (Wildman–Crippen MR) is 49.3 cm³/mol. The minimum Gasteiger partial charge on any atom is -0.236 e. The normalized spacial score (nSPS) is 15.9. The topological polar surface area (TPSA) is 44.2 Å². The van der Waals surface area contributed by atoms with Crippen molar-refractivity contribution in [2.75, 3.05) is 14.1 Å². The van der Waals surface area contributed by atoms with Crippen LogP contribution in [0.4, 0.5) is 0 Å². The zero-order valence-corrected chi connectivity index (χ0v) is 7.97. The van der Waals surface area contributed by atoms with Gasteiger partial charge in [-0.3, -0.25) is 0 Å². The second kappa shape index (κ2) is 3.25. The average molecular weight is 184 g/mol. The predicted octanol–water partition coefficient (Wildman–Crippen LogP) is 1.57. The monoisotopic (exact) mass is 184 g/mol. The molecule has 3 nitrogen and oxygen atoms in total. The largest absolute Gasteiger partial charge is 0.236 e. The Morgan fingerprint density at radius 1 is 1.25 bits per heavy atom. The molecule has 0 saturated heterocycles. The van der Waals surface area contributed by atoms with E-state index in [9.17, 15) is 4.21 Å². The fourth-order valence-corrected chi connectivity index (χ4v) is 1.76. The van der Waals surface area contributed by atoms with Crippen molar-refractivity contribution in [3.8, 4) is 0 Å². The highest BCUT2D eigenvalue weighted by molar-refractivity contribution is 7.90. The maximum atomic E-state index is 11.7. The summed E-state index contributed by atoms with van der Waals surface area (Å²) in [6.45, 7) is 0. The summed E-state index contributed by atoms with van der Waals surface area (Å²) in [5.74, 6) is 0. The zero-order valence-electron chi connectivity index (χ0n) is 7.15. The van der Waals surface area contributed by atoms with E-state index < -0.39 is 9.92 Å². The number of nitrogens with zero attached hydrogens (tertiary/aromatic N) is 1. The maximum Gasteiger partial charge on any atom is 0.136 e. The number of rotatable bonds is 2. The van der Waals surface area contributed by atoms with Gasteiger partial charge in [-0.15, -0.1) is 0 Å². The number of hydrogen-bond donors (Lipinski definition) is 1. The Balaban J connectivity index is 3.17. The number of hydrogen-bond acceptors (Lipinski definition) is 2. The van der Waals surface area contributed by atoms with Gasteiger partial charge in [0.15, 0.2) is 0 Å². The van der Waals surface area contributed by atoms with Crippen LogP contribution in [0.15, 0.2) is 35.2 Å². The van der Waals surface area contributed by atoms with Gasteiger partial charge < -0.3 is 0 Å². The van der Waals surface area contributed by atoms with Crippen molar-refractivity contribution in [2.24, 2.45) is 0 Å². The molecule has 1 aromatic carbocycles. The van der Waals surface area contributed by atoms with Gasteiger partial charge >= 0.3 is 0 Å². The van der Waals surface area contributed by atoms with Crippen molar-refractivity contribution < 1.29 is 4.21 Å². The van der Waals surface area contributed by atoms with Gasteiger partial charge in [-0.1, -0.05) is 18.2 Å². The third-order valence-corrected chi connectivity index (χ3v) is 3.52. The molecule has 66 valence electrons. The summed E-state index contributed by atoms with van der Waals surface area (Å²) in [6, 6.07) is 8.82. The molecule has 0 fully saturated rings. The molecular formula is C8H12N2OS. The van der Waals surface area contributed by atoms with Crippen LogP contribution in [0.3, 0.4) is 0 Å². The minimum atomic E-state index is -2.74. The average Bonchev–Trinajstić information content (AvgIpc) is 2.06. The SMILES string of the molecule is CN(C)[S@](=N)(=O)c1ccccc1. The van der Waals surface area contributed by atoms with Crippen LogP contribution in [-0.4, -0.2) is 22.6 Å². The van der Waals surface area contributed by atoms with Crippen molar-refractivity contribution >= 4 is 9.92 Å². The first kappa shape index (κ1) is 9.22. The molecule has 1 atom stereocenters. The molecule has 0 aliphatic rings. The van der Waals surface area contributed by atoms with Gasteiger partial charge in [-0.2, -0.15) is 0 Å². The number of nitrogens with one attached hydrogen (secondary N) is 1. The van der Waals surface area contributed by atoms with Gasteiger partial charge in [0.25, 0.3) is 0 Å². The van der Waals surface area contributed by atoms with Crippen LogP contribution in [-0.2, 0) is 9.92 Å². The van der Waals surface area contributed by atoms with E-state index in [0.29, 0.717) is 4.90 Å². The summed E-state index contributed by atoms with van der Waals surface area (Å²) in [4.78, 5) is 0.551. The summed E-state index contributed by atoms with van der Waals surface area (Å²) >= 11 is 0. The Labute approximate surface area is 73.1 Å². The quantitative estimate of drug-likeness (QED) is 0.745. The molecule has 0 spiro atoms. The van der Waals surface area contributed by atoms with Gasteiger partial charge in [0.1, 0.15) is 9.92 Å². The molecule has 0 saturated carbocycles. The van der Waals surface area contributed by atoms with Gasteiger partial charge in [-0.05, 0) is 12.1 Å². The van der Waals surface area contributed by atoms with Gasteiger partial charge in [0, 0.05) is 14.1 Å². The Bertz CT molecular complexity index is 343. The van der Waals surface area contributed by atoms with Gasteiger partial charge in [0.05, 0.1) is 4.90 Å². The van der Waals surface area contributed by atoms with Gasteiger partial charge in [0.2, 0.25) is 0 Å². The standard InChI is InChI=1S/C8H12N2OS/c1-10(2)12(9,11)8-6-4-3-5-7-8/h3-7,9H,1-2H3/t12-/m0/s1. The van der Waals surface area contributed by atoms with E-state index in [0.717, 1.165) is 0 Å². The van der Waals surface area contributed by atoms with Crippen molar-refractivity contribution in [1.29, 1.82) is 4.78 Å². The molecule has 1 aromatic rings. The highest BCUT2D eigenvalue weighted by Gasteiger charge is 2.10. The Kier molecular flexibility index (Phi) is 2.49. The van der Waals surface area contributed by atoms with E-state index in [1.165, 1.54) is 4.31 Å². The lowest BCUT2D eigenvalue weighted by molar-refractivity contribution is 0.589. The van der Waals surface area contributed by atoms with E-state index in [1.807, 2.05) is 6.07 Å². The third-order valence-electron chi connectivity index (χ3n) is 1.58. The van der Waals surface area contributed by atoms with Gasteiger partial charge in [-0.25, -0.2) is 13.3 Å². The Morgan fingerprint density at radius 2 is 1.75 bits per heavy atom. The summed E-state index contributed by atoms with van der Waals surface area (Å²) in [7, 11) is 0.539. The molecule has 0 aromatic heterocycles. The van der Waals surface area contributed by atoms with Crippen LogP contribution in [0.1, 0.15) is 0 Å². The first-order valence-electron chi connectivity index (χ1n) is 3.56. The van der Waals surface area contributed by atoms with E-state index in [2.05, 4.69) is 0 Å². The summed E-state index contributed by atoms with van der Waals surface area (Å²) < 4.78 is 20.7. The van der Waals surface area contributed by atoms with Crippen LogP contribution in [0.25, 0.3) is 0 Å². The van der Waals surface area contributed by atoms with Crippen molar-refractivity contribution in [3.05, 3.63) is 30.3 Å².